The lowest BCUT2D eigenvalue weighted by Crippen LogP contribution is -2.38. The molecule has 0 bridgehead atoms. The molecule has 0 aromatic heterocycles. The normalized spacial score (nSPS) is 15.2. The molecule has 2 aromatic rings. The summed E-state index contributed by atoms with van der Waals surface area (Å²) < 4.78 is 32.7. The van der Waals surface area contributed by atoms with Crippen LogP contribution < -0.4 is 10.5 Å². The molecule has 1 fully saturated rings. The lowest BCUT2D eigenvalue weighted by molar-refractivity contribution is 0.0733. The van der Waals surface area contributed by atoms with Crippen molar-refractivity contribution in [1.29, 1.82) is 0 Å². The maximum absolute atomic E-state index is 13.0. The molecule has 154 valence electrons. The van der Waals surface area contributed by atoms with Crippen molar-refractivity contribution in [2.24, 2.45) is 5.73 Å². The number of nitrogens with two attached hydrogens (primary N) is 1. The number of benzene rings is 2. The van der Waals surface area contributed by atoms with E-state index in [4.69, 9.17) is 10.5 Å². The summed E-state index contributed by atoms with van der Waals surface area (Å²) in [6, 6.07) is 11.7. The van der Waals surface area contributed by atoms with E-state index in [9.17, 15) is 18.0 Å². The Kier molecular flexibility index (Phi) is 6.34. The van der Waals surface area contributed by atoms with Gasteiger partial charge in [-0.3, -0.25) is 4.79 Å². The first-order valence-electron chi connectivity index (χ1n) is 9.49. The van der Waals surface area contributed by atoms with Gasteiger partial charge in [0.2, 0.25) is 15.9 Å². The van der Waals surface area contributed by atoms with Crippen molar-refractivity contribution < 1.29 is 22.7 Å². The van der Waals surface area contributed by atoms with E-state index in [0.29, 0.717) is 0 Å². The number of sulfonamides is 1. The Morgan fingerprint density at radius 1 is 1.00 bits per heavy atom. The zero-order valence-corrected chi connectivity index (χ0v) is 17.0. The summed E-state index contributed by atoms with van der Waals surface area (Å²) in [6.45, 7) is 0. The summed E-state index contributed by atoms with van der Waals surface area (Å²) in [5, 5.41) is 0. The smallest absolute Gasteiger partial charge is 0.343 e. The van der Waals surface area contributed by atoms with Gasteiger partial charge in [0.15, 0.2) is 0 Å². The van der Waals surface area contributed by atoms with Crippen LogP contribution in [0.5, 0.6) is 5.75 Å². The largest absolute Gasteiger partial charge is 0.423 e. The molecule has 0 atom stereocenters. The van der Waals surface area contributed by atoms with Crippen molar-refractivity contribution in [2.75, 3.05) is 7.05 Å². The fourth-order valence-corrected chi connectivity index (χ4v) is 4.93. The quantitative estimate of drug-likeness (QED) is 0.575. The maximum Gasteiger partial charge on any atom is 0.343 e. The lowest BCUT2D eigenvalue weighted by atomic mass is 9.96. The predicted octanol–water partition coefficient (Wildman–Crippen LogP) is 2.96. The number of carbonyl (C=O) groups is 2. The molecule has 2 aromatic carbocycles. The van der Waals surface area contributed by atoms with Gasteiger partial charge in [0.05, 0.1) is 10.5 Å². The Labute approximate surface area is 170 Å². The second kappa shape index (κ2) is 8.75. The van der Waals surface area contributed by atoms with E-state index in [-0.39, 0.29) is 27.8 Å². The maximum atomic E-state index is 13.0. The number of nitrogens with zero attached hydrogens (tertiary/aromatic N) is 1. The van der Waals surface area contributed by atoms with Gasteiger partial charge in [0.25, 0.3) is 0 Å². The lowest BCUT2D eigenvalue weighted by Gasteiger charge is -2.30. The molecule has 3 rings (SSSR count). The van der Waals surface area contributed by atoms with Gasteiger partial charge in [-0.05, 0) is 49.2 Å². The van der Waals surface area contributed by atoms with Crippen molar-refractivity contribution in [3.8, 4) is 5.75 Å². The SMILES string of the molecule is CN(C1CCCCC1)S(=O)(=O)c1cccc(C(=O)Oc2cccc(C(N)=O)c2)c1. The minimum absolute atomic E-state index is 0.0269. The van der Waals surface area contributed by atoms with Crippen molar-refractivity contribution in [1.82, 2.24) is 4.31 Å². The molecule has 0 aliphatic heterocycles. The molecular weight excluding hydrogens is 392 g/mol. The molecule has 2 N–H and O–H groups in total. The summed E-state index contributed by atoms with van der Waals surface area (Å²) in [5.41, 5.74) is 5.54. The van der Waals surface area contributed by atoms with E-state index in [0.717, 1.165) is 32.1 Å². The molecule has 0 spiro atoms. The highest BCUT2D eigenvalue weighted by molar-refractivity contribution is 7.89. The number of hydrogen-bond donors (Lipinski definition) is 1. The number of primary amides is 1. The number of ether oxygens (including phenoxy) is 1. The fourth-order valence-electron chi connectivity index (χ4n) is 3.47. The monoisotopic (exact) mass is 416 g/mol. The van der Waals surface area contributed by atoms with Crippen LogP contribution in [-0.4, -0.2) is 37.7 Å². The van der Waals surface area contributed by atoms with Crippen LogP contribution in [0.25, 0.3) is 0 Å². The summed E-state index contributed by atoms with van der Waals surface area (Å²) in [6.07, 6.45) is 4.84. The van der Waals surface area contributed by atoms with Crippen LogP contribution in [0, 0.1) is 0 Å². The van der Waals surface area contributed by atoms with E-state index in [1.165, 1.54) is 46.8 Å². The molecule has 0 saturated heterocycles. The van der Waals surface area contributed by atoms with E-state index in [2.05, 4.69) is 0 Å². The number of esters is 1. The highest BCUT2D eigenvalue weighted by Gasteiger charge is 2.29. The Balaban J connectivity index is 1.80. The molecule has 1 amide bonds. The molecule has 1 saturated carbocycles. The highest BCUT2D eigenvalue weighted by Crippen LogP contribution is 2.27. The molecule has 0 unspecified atom stereocenters. The third kappa shape index (κ3) is 4.83. The zero-order valence-electron chi connectivity index (χ0n) is 16.2. The van der Waals surface area contributed by atoms with Crippen LogP contribution in [0.1, 0.15) is 52.8 Å². The van der Waals surface area contributed by atoms with Gasteiger partial charge in [0, 0.05) is 18.7 Å². The summed E-state index contributed by atoms with van der Waals surface area (Å²) >= 11 is 0. The molecule has 29 heavy (non-hydrogen) atoms. The third-order valence-corrected chi connectivity index (χ3v) is 7.07. The van der Waals surface area contributed by atoms with Crippen LogP contribution in [0.15, 0.2) is 53.4 Å². The molecule has 8 heteroatoms. The number of carbonyl (C=O) groups excluding carboxylic acids is 2. The van der Waals surface area contributed by atoms with E-state index in [1.54, 1.807) is 13.1 Å². The van der Waals surface area contributed by atoms with Crippen LogP contribution in [0.4, 0.5) is 0 Å². The first-order chi connectivity index (χ1) is 13.8. The minimum Gasteiger partial charge on any atom is -0.423 e. The zero-order chi connectivity index (χ0) is 21.0. The summed E-state index contributed by atoms with van der Waals surface area (Å²) in [5.74, 6) is -1.20. The van der Waals surface area contributed by atoms with Crippen LogP contribution in [0.2, 0.25) is 0 Å². The van der Waals surface area contributed by atoms with Gasteiger partial charge in [0.1, 0.15) is 5.75 Å². The van der Waals surface area contributed by atoms with Gasteiger partial charge in [-0.1, -0.05) is 31.4 Å². The molecular formula is C21H24N2O5S. The average molecular weight is 416 g/mol. The molecule has 0 radical (unpaired) electrons. The average Bonchev–Trinajstić information content (AvgIpc) is 2.74. The number of amides is 1. The number of rotatable bonds is 6. The Hall–Kier alpha value is -2.71. The second-order valence-corrected chi connectivity index (χ2v) is 9.12. The molecule has 1 aliphatic carbocycles. The van der Waals surface area contributed by atoms with Gasteiger partial charge < -0.3 is 10.5 Å². The number of hydrogen-bond acceptors (Lipinski definition) is 5. The Morgan fingerprint density at radius 3 is 2.34 bits per heavy atom. The van der Waals surface area contributed by atoms with Crippen molar-refractivity contribution in [2.45, 2.75) is 43.0 Å². The van der Waals surface area contributed by atoms with Crippen LogP contribution in [-0.2, 0) is 10.0 Å². The van der Waals surface area contributed by atoms with Gasteiger partial charge in [-0.25, -0.2) is 13.2 Å². The van der Waals surface area contributed by atoms with E-state index in [1.807, 2.05) is 0 Å². The first kappa shape index (κ1) is 21.0. The standard InChI is InChI=1S/C21H24N2O5S/c1-23(17-9-3-2-4-10-17)29(26,27)19-12-6-8-16(14-19)21(25)28-18-11-5-7-15(13-18)20(22)24/h5-8,11-14,17H,2-4,9-10H2,1H3,(H2,22,24). The summed E-state index contributed by atoms with van der Waals surface area (Å²) in [4.78, 5) is 23.8. The second-order valence-electron chi connectivity index (χ2n) is 7.12. The van der Waals surface area contributed by atoms with Gasteiger partial charge >= 0.3 is 5.97 Å². The summed E-state index contributed by atoms with van der Waals surface area (Å²) in [7, 11) is -2.13. The van der Waals surface area contributed by atoms with Gasteiger partial charge in [-0.2, -0.15) is 4.31 Å². The van der Waals surface area contributed by atoms with Crippen LogP contribution in [0.3, 0.4) is 0 Å². The van der Waals surface area contributed by atoms with Crippen molar-refractivity contribution >= 4 is 21.9 Å². The molecule has 1 aliphatic rings. The minimum atomic E-state index is -3.72. The fraction of sp³-hybridized carbons (Fsp3) is 0.333. The van der Waals surface area contributed by atoms with Crippen molar-refractivity contribution in [3.63, 3.8) is 0 Å². The third-order valence-electron chi connectivity index (χ3n) is 5.16. The first-order valence-corrected chi connectivity index (χ1v) is 10.9. The molecule has 7 nitrogen and oxygen atoms in total. The van der Waals surface area contributed by atoms with E-state index < -0.39 is 21.9 Å². The van der Waals surface area contributed by atoms with E-state index >= 15 is 0 Å². The predicted molar refractivity (Wildman–Crippen MR) is 108 cm³/mol. The Bertz CT molecular complexity index is 1010. The molecule has 0 heterocycles. The van der Waals surface area contributed by atoms with Gasteiger partial charge in [-0.15, -0.1) is 0 Å². The Morgan fingerprint density at radius 2 is 1.66 bits per heavy atom. The van der Waals surface area contributed by atoms with Crippen molar-refractivity contribution in [3.05, 3.63) is 59.7 Å². The van der Waals surface area contributed by atoms with Crippen LogP contribution >= 0.6 is 0 Å². The highest BCUT2D eigenvalue weighted by atomic mass is 32.2. The topological polar surface area (TPSA) is 107 Å².